The average molecular weight is 437 g/mol. The van der Waals surface area contributed by atoms with Crippen molar-refractivity contribution in [3.63, 3.8) is 0 Å². The smallest absolute Gasteiger partial charge is 0.251 e. The summed E-state index contributed by atoms with van der Waals surface area (Å²) in [6.07, 6.45) is 5.26. The van der Waals surface area contributed by atoms with E-state index in [2.05, 4.69) is 15.5 Å². The van der Waals surface area contributed by atoms with E-state index in [-0.39, 0.29) is 11.7 Å². The molecular formula is C23H24N4O3S. The molecule has 0 unspecified atom stereocenters. The summed E-state index contributed by atoms with van der Waals surface area (Å²) in [5.74, 6) is 1.84. The minimum absolute atomic E-state index is 0.111. The highest BCUT2D eigenvalue weighted by Gasteiger charge is 2.42. The van der Waals surface area contributed by atoms with Crippen LogP contribution in [0, 0.1) is 0 Å². The second-order valence-electron chi connectivity index (χ2n) is 7.91. The van der Waals surface area contributed by atoms with Crippen LogP contribution in [0.1, 0.15) is 32.1 Å². The van der Waals surface area contributed by atoms with Gasteiger partial charge >= 0.3 is 0 Å². The van der Waals surface area contributed by atoms with Crippen LogP contribution in [-0.2, 0) is 11.8 Å². The number of rotatable bonds is 5. The van der Waals surface area contributed by atoms with Crippen LogP contribution < -0.4 is 14.8 Å². The lowest BCUT2D eigenvalue weighted by Crippen LogP contribution is -2.40. The Hall–Kier alpha value is -3.00. The zero-order valence-corrected chi connectivity index (χ0v) is 18.2. The fourth-order valence-electron chi connectivity index (χ4n) is 4.07. The number of nitrogens with zero attached hydrogens (tertiary/aromatic N) is 3. The van der Waals surface area contributed by atoms with Crippen LogP contribution in [0.15, 0.2) is 53.7 Å². The summed E-state index contributed by atoms with van der Waals surface area (Å²) in [7, 11) is 1.90. The van der Waals surface area contributed by atoms with Crippen LogP contribution in [0.5, 0.6) is 11.5 Å². The first-order chi connectivity index (χ1) is 15.1. The van der Waals surface area contributed by atoms with E-state index < -0.39 is 5.79 Å². The van der Waals surface area contributed by atoms with Crippen LogP contribution in [-0.4, -0.2) is 32.2 Å². The molecule has 1 N–H and O–H groups in total. The fraction of sp³-hybridized carbons (Fsp3) is 0.348. The highest BCUT2D eigenvalue weighted by Crippen LogP contribution is 2.46. The molecule has 31 heavy (non-hydrogen) atoms. The van der Waals surface area contributed by atoms with Gasteiger partial charge in [0.1, 0.15) is 0 Å². The van der Waals surface area contributed by atoms with Gasteiger partial charge in [0.2, 0.25) is 5.91 Å². The number of nitrogens with one attached hydrogen (secondary N) is 1. The molecule has 160 valence electrons. The van der Waals surface area contributed by atoms with Gasteiger partial charge in [-0.25, -0.2) is 0 Å². The van der Waals surface area contributed by atoms with Crippen molar-refractivity contribution >= 4 is 23.4 Å². The number of thioether (sulfide) groups is 1. The molecule has 1 fully saturated rings. The first-order valence-electron chi connectivity index (χ1n) is 10.5. The molecule has 3 aromatic rings. The molecule has 8 heteroatoms. The van der Waals surface area contributed by atoms with Crippen LogP contribution in [0.2, 0.25) is 0 Å². The second kappa shape index (κ2) is 8.26. The standard InChI is InChI=1S/C23H24N4O3S/c1-27-21(16-8-4-2-5-9-16)25-26-22(27)31-15-20(28)24-17-10-11-18-19(14-17)30-23(29-18)12-6-3-7-13-23/h2,4-5,8-11,14H,3,6-7,12-13,15H2,1H3,(H,24,28). The number of benzene rings is 2. The van der Waals surface area contributed by atoms with E-state index in [4.69, 9.17) is 9.47 Å². The molecular weight excluding hydrogens is 412 g/mol. The van der Waals surface area contributed by atoms with Gasteiger partial charge < -0.3 is 19.4 Å². The molecule has 1 saturated carbocycles. The quantitative estimate of drug-likeness (QED) is 0.587. The predicted octanol–water partition coefficient (Wildman–Crippen LogP) is 4.64. The summed E-state index contributed by atoms with van der Waals surface area (Å²) in [6, 6.07) is 15.4. The Balaban J connectivity index is 1.20. The molecule has 1 aliphatic carbocycles. The minimum Gasteiger partial charge on any atom is -0.448 e. The van der Waals surface area contributed by atoms with Crippen molar-refractivity contribution < 1.29 is 14.3 Å². The Morgan fingerprint density at radius 2 is 1.84 bits per heavy atom. The lowest BCUT2D eigenvalue weighted by Gasteiger charge is -2.31. The summed E-state index contributed by atoms with van der Waals surface area (Å²) in [4.78, 5) is 12.5. The van der Waals surface area contributed by atoms with Gasteiger partial charge in [0.05, 0.1) is 5.75 Å². The van der Waals surface area contributed by atoms with E-state index in [9.17, 15) is 4.79 Å². The molecule has 0 bridgehead atoms. The number of carbonyl (C=O) groups excluding carboxylic acids is 1. The van der Waals surface area contributed by atoms with Crippen molar-refractivity contribution in [3.05, 3.63) is 48.5 Å². The third-order valence-electron chi connectivity index (χ3n) is 5.63. The molecule has 2 heterocycles. The summed E-state index contributed by atoms with van der Waals surface area (Å²) in [5, 5.41) is 12.1. The Morgan fingerprint density at radius 3 is 2.65 bits per heavy atom. The van der Waals surface area contributed by atoms with Gasteiger partial charge in [-0.3, -0.25) is 4.79 Å². The Bertz CT molecular complexity index is 1090. The molecule has 0 saturated heterocycles. The zero-order valence-electron chi connectivity index (χ0n) is 17.3. The first-order valence-corrected chi connectivity index (χ1v) is 11.5. The minimum atomic E-state index is -0.513. The van der Waals surface area contributed by atoms with Gasteiger partial charge in [-0.2, -0.15) is 0 Å². The molecule has 2 aliphatic rings. The second-order valence-corrected chi connectivity index (χ2v) is 8.85. The number of carbonyl (C=O) groups is 1. The first kappa shape index (κ1) is 19.9. The molecule has 2 aromatic carbocycles. The Labute approximate surface area is 185 Å². The molecule has 1 aromatic heterocycles. The third kappa shape index (κ3) is 4.12. The maximum atomic E-state index is 12.5. The van der Waals surface area contributed by atoms with Crippen molar-refractivity contribution in [2.45, 2.75) is 43.0 Å². The number of amides is 1. The third-order valence-corrected chi connectivity index (χ3v) is 6.65. The van der Waals surface area contributed by atoms with Crippen LogP contribution in [0.25, 0.3) is 11.4 Å². The zero-order chi connectivity index (χ0) is 21.3. The van der Waals surface area contributed by atoms with Crippen LogP contribution >= 0.6 is 11.8 Å². The van der Waals surface area contributed by atoms with Gasteiger partial charge in [-0.05, 0) is 25.0 Å². The summed E-state index contributed by atoms with van der Waals surface area (Å²) < 4.78 is 14.1. The maximum absolute atomic E-state index is 12.5. The molecule has 5 rings (SSSR count). The molecule has 1 aliphatic heterocycles. The summed E-state index contributed by atoms with van der Waals surface area (Å²) >= 11 is 1.35. The fourth-order valence-corrected chi connectivity index (χ4v) is 4.78. The number of hydrogen-bond acceptors (Lipinski definition) is 6. The van der Waals surface area contributed by atoms with E-state index >= 15 is 0 Å². The Morgan fingerprint density at radius 1 is 1.06 bits per heavy atom. The van der Waals surface area contributed by atoms with Gasteiger partial charge in [-0.1, -0.05) is 48.5 Å². The predicted molar refractivity (Wildman–Crippen MR) is 119 cm³/mol. The Kier molecular flexibility index (Phi) is 5.31. The van der Waals surface area contributed by atoms with Crippen molar-refractivity contribution in [2.24, 2.45) is 7.05 Å². The van der Waals surface area contributed by atoms with Crippen LogP contribution in [0.3, 0.4) is 0 Å². The van der Waals surface area contributed by atoms with E-state index in [1.165, 1.54) is 18.2 Å². The topological polar surface area (TPSA) is 78.3 Å². The van der Waals surface area contributed by atoms with E-state index in [0.717, 1.165) is 42.8 Å². The normalized spacial score (nSPS) is 16.4. The number of hydrogen-bond donors (Lipinski definition) is 1. The van der Waals surface area contributed by atoms with E-state index in [0.29, 0.717) is 16.6 Å². The largest absolute Gasteiger partial charge is 0.448 e. The highest BCUT2D eigenvalue weighted by molar-refractivity contribution is 7.99. The van der Waals surface area contributed by atoms with Gasteiger partial charge in [0.15, 0.2) is 22.5 Å². The van der Waals surface area contributed by atoms with E-state index in [1.807, 2.05) is 60.1 Å². The van der Waals surface area contributed by atoms with Crippen LogP contribution in [0.4, 0.5) is 5.69 Å². The lowest BCUT2D eigenvalue weighted by atomic mass is 9.94. The van der Waals surface area contributed by atoms with Gasteiger partial charge in [-0.15, -0.1) is 10.2 Å². The van der Waals surface area contributed by atoms with Gasteiger partial charge in [0, 0.05) is 37.2 Å². The number of aromatic nitrogens is 3. The van der Waals surface area contributed by atoms with Crippen molar-refractivity contribution in [1.29, 1.82) is 0 Å². The number of anilines is 1. The summed E-state index contributed by atoms with van der Waals surface area (Å²) in [6.45, 7) is 0. The molecule has 7 nitrogen and oxygen atoms in total. The number of fused-ring (bicyclic) bond motifs is 1. The van der Waals surface area contributed by atoms with Gasteiger partial charge in [0.25, 0.3) is 5.79 Å². The monoisotopic (exact) mass is 436 g/mol. The van der Waals surface area contributed by atoms with Crippen molar-refractivity contribution in [3.8, 4) is 22.9 Å². The summed E-state index contributed by atoms with van der Waals surface area (Å²) in [5.41, 5.74) is 1.69. The molecule has 1 amide bonds. The molecule has 0 radical (unpaired) electrons. The number of ether oxygens (including phenoxy) is 2. The highest BCUT2D eigenvalue weighted by atomic mass is 32.2. The maximum Gasteiger partial charge on any atom is 0.251 e. The lowest BCUT2D eigenvalue weighted by molar-refractivity contribution is -0.113. The molecule has 0 atom stereocenters. The van der Waals surface area contributed by atoms with E-state index in [1.54, 1.807) is 0 Å². The van der Waals surface area contributed by atoms with Crippen molar-refractivity contribution in [2.75, 3.05) is 11.1 Å². The average Bonchev–Trinajstić information content (AvgIpc) is 3.32. The van der Waals surface area contributed by atoms with Crippen molar-refractivity contribution in [1.82, 2.24) is 14.8 Å². The molecule has 1 spiro atoms. The SMILES string of the molecule is Cn1c(SCC(=O)Nc2ccc3c(c2)OC2(CCCCC2)O3)nnc1-c1ccccc1.